The number of nitrogens with zero attached hydrogens (tertiary/aromatic N) is 3. The number of benzene rings is 1. The molecule has 1 aromatic heterocycles. The Hall–Kier alpha value is -3.00. The van der Waals surface area contributed by atoms with Crippen molar-refractivity contribution in [1.82, 2.24) is 19.7 Å². The molecule has 2 amide bonds. The highest BCUT2D eigenvalue weighted by molar-refractivity contribution is 5.95. The minimum absolute atomic E-state index is 0.0316. The van der Waals surface area contributed by atoms with Crippen LogP contribution in [0.4, 0.5) is 0 Å². The maximum Gasteiger partial charge on any atom is 0.270 e. The number of rotatable bonds is 3. The molecule has 214 valence electrons. The summed E-state index contributed by atoms with van der Waals surface area (Å²) in [5, 5.41) is 0. The Morgan fingerprint density at radius 1 is 1.10 bits per heavy atom. The van der Waals surface area contributed by atoms with Gasteiger partial charge in [0.05, 0.1) is 12.8 Å². The van der Waals surface area contributed by atoms with Crippen molar-refractivity contribution in [3.05, 3.63) is 45.8 Å². The molecule has 5 aliphatic rings. The summed E-state index contributed by atoms with van der Waals surface area (Å²) in [6.45, 7) is 11.7. The van der Waals surface area contributed by atoms with Crippen molar-refractivity contribution in [2.24, 2.45) is 11.3 Å². The van der Waals surface area contributed by atoms with Crippen LogP contribution in [0.2, 0.25) is 0 Å². The molecule has 4 atom stereocenters. The minimum Gasteiger partial charge on any atom is -0.493 e. The number of methoxy groups -OCH3 is 1. The zero-order chi connectivity index (χ0) is 28.1. The Bertz CT molecular complexity index is 1400. The highest BCUT2D eigenvalue weighted by Gasteiger charge is 2.65. The predicted molar refractivity (Wildman–Crippen MR) is 152 cm³/mol. The molecule has 8 heteroatoms. The third-order valence-electron chi connectivity index (χ3n) is 10.5. The van der Waals surface area contributed by atoms with Gasteiger partial charge in [-0.25, -0.2) is 0 Å². The predicted octanol–water partition coefficient (Wildman–Crippen LogP) is 3.86. The number of likely N-dealkylation sites (tertiary alicyclic amines) is 1. The zero-order valence-electron chi connectivity index (χ0n) is 24.7. The number of aromatic amines is 1. The molecular weight excluding hydrogens is 504 g/mol. The number of piperidine rings is 1. The van der Waals surface area contributed by atoms with E-state index >= 15 is 0 Å². The van der Waals surface area contributed by atoms with Crippen molar-refractivity contribution < 1.29 is 19.1 Å². The maximum absolute atomic E-state index is 13.9. The lowest BCUT2D eigenvalue weighted by Gasteiger charge is -2.57. The Balaban J connectivity index is 1.21. The van der Waals surface area contributed by atoms with Crippen LogP contribution in [0.25, 0.3) is 0 Å². The first-order valence-electron chi connectivity index (χ1n) is 14.9. The van der Waals surface area contributed by atoms with Crippen LogP contribution in [0.15, 0.2) is 12.1 Å². The van der Waals surface area contributed by atoms with Crippen LogP contribution in [-0.2, 0) is 23.1 Å². The second kappa shape index (κ2) is 8.75. The van der Waals surface area contributed by atoms with E-state index in [1.807, 2.05) is 9.80 Å². The number of piperazine rings is 1. The Kier molecular flexibility index (Phi) is 5.67. The Morgan fingerprint density at radius 3 is 2.52 bits per heavy atom. The SMILES string of the molecule is COc1ccc2c3c1O[C@H]1c4[nH]c(C(=O)N5CCN(C(=O)CC(C)(C)C)CC5)c(C)c4CC4[C@@H](C2)N(C)CC[C@@]341. The molecule has 1 N–H and O–H groups in total. The van der Waals surface area contributed by atoms with E-state index in [1.54, 1.807) is 7.11 Å². The van der Waals surface area contributed by atoms with Crippen LogP contribution in [0.1, 0.15) is 78.2 Å². The second-order valence-corrected chi connectivity index (χ2v) is 13.9. The highest BCUT2D eigenvalue weighted by atomic mass is 16.5. The average molecular weight is 547 g/mol. The Labute approximate surface area is 237 Å². The normalized spacial score (nSPS) is 28.6. The summed E-state index contributed by atoms with van der Waals surface area (Å²) in [6, 6.07) is 4.75. The number of ether oxygens (including phenoxy) is 2. The number of amides is 2. The fourth-order valence-electron chi connectivity index (χ4n) is 8.53. The number of carbonyl (C=O) groups excluding carboxylic acids is 2. The largest absolute Gasteiger partial charge is 0.493 e. The van der Waals surface area contributed by atoms with Crippen molar-refractivity contribution in [3.8, 4) is 11.5 Å². The van der Waals surface area contributed by atoms with Gasteiger partial charge in [-0.15, -0.1) is 0 Å². The van der Waals surface area contributed by atoms with Crippen molar-refractivity contribution in [3.63, 3.8) is 0 Å². The summed E-state index contributed by atoms with van der Waals surface area (Å²) >= 11 is 0. The van der Waals surface area contributed by atoms with Gasteiger partial charge in [0, 0.05) is 49.6 Å². The maximum atomic E-state index is 13.9. The lowest BCUT2D eigenvalue weighted by atomic mass is 9.51. The number of H-pyrrole nitrogens is 1. The lowest BCUT2D eigenvalue weighted by Crippen LogP contribution is -2.62. The first kappa shape index (κ1) is 25.9. The molecule has 0 radical (unpaired) electrons. The molecule has 2 bridgehead atoms. The van der Waals surface area contributed by atoms with Crippen molar-refractivity contribution in [2.75, 3.05) is 46.9 Å². The van der Waals surface area contributed by atoms with Crippen LogP contribution < -0.4 is 9.47 Å². The number of nitrogens with one attached hydrogen (secondary N) is 1. The van der Waals surface area contributed by atoms with Crippen LogP contribution >= 0.6 is 0 Å². The van der Waals surface area contributed by atoms with Gasteiger partial charge >= 0.3 is 0 Å². The van der Waals surface area contributed by atoms with E-state index in [4.69, 9.17) is 9.47 Å². The summed E-state index contributed by atoms with van der Waals surface area (Å²) in [7, 11) is 3.98. The van der Waals surface area contributed by atoms with Gasteiger partial charge in [0.25, 0.3) is 5.91 Å². The quantitative estimate of drug-likeness (QED) is 0.633. The fourth-order valence-corrected chi connectivity index (χ4v) is 8.53. The van der Waals surface area contributed by atoms with Gasteiger partial charge in [-0.05, 0) is 73.9 Å². The standard InChI is InChI=1S/C32H42N4O4/c1-18-20-16-21-22-15-19-7-8-23(39-6)28-25(19)32(21,9-10-34(22)5)29(40-28)27(20)33-26(18)30(38)36-13-11-35(12-14-36)24(37)17-31(2,3)4/h7-8,21-22,29,33H,9-17H2,1-6H3/t21?,22-,29+,32+/m1/s1. The third kappa shape index (κ3) is 3.53. The zero-order valence-corrected chi connectivity index (χ0v) is 24.7. The van der Waals surface area contributed by atoms with Crippen LogP contribution in [0, 0.1) is 18.3 Å². The van der Waals surface area contributed by atoms with Gasteiger partial charge in [-0.2, -0.15) is 0 Å². The van der Waals surface area contributed by atoms with E-state index < -0.39 is 0 Å². The summed E-state index contributed by atoms with van der Waals surface area (Å²) in [5.41, 5.74) is 6.66. The number of aromatic nitrogens is 1. The number of fused-ring (bicyclic) bond motifs is 2. The summed E-state index contributed by atoms with van der Waals surface area (Å²) in [4.78, 5) is 36.7. The van der Waals surface area contributed by atoms with Crippen LogP contribution in [0.3, 0.4) is 0 Å². The molecule has 4 heterocycles. The molecule has 1 unspecified atom stereocenters. The molecule has 2 fully saturated rings. The van der Waals surface area contributed by atoms with E-state index in [2.05, 4.69) is 56.8 Å². The number of carbonyl (C=O) groups is 2. The molecule has 2 aromatic rings. The number of hydrogen-bond acceptors (Lipinski definition) is 5. The first-order valence-corrected chi connectivity index (χ1v) is 14.9. The molecule has 7 rings (SSSR count). The second-order valence-electron chi connectivity index (χ2n) is 13.9. The smallest absolute Gasteiger partial charge is 0.270 e. The van der Waals surface area contributed by atoms with E-state index in [0.717, 1.165) is 48.6 Å². The van der Waals surface area contributed by atoms with Crippen molar-refractivity contribution >= 4 is 11.8 Å². The number of hydrogen-bond donors (Lipinski definition) is 1. The van der Waals surface area contributed by atoms with E-state index in [0.29, 0.717) is 50.3 Å². The van der Waals surface area contributed by atoms with Gasteiger partial charge in [0.1, 0.15) is 11.8 Å². The fraction of sp³-hybridized carbons (Fsp3) is 0.625. The summed E-state index contributed by atoms with van der Waals surface area (Å²) in [6.07, 6.45) is 3.39. The highest BCUT2D eigenvalue weighted by Crippen LogP contribution is 2.67. The van der Waals surface area contributed by atoms with Crippen LogP contribution in [-0.4, -0.2) is 84.4 Å². The van der Waals surface area contributed by atoms with Gasteiger partial charge in [0.2, 0.25) is 5.91 Å². The minimum atomic E-state index is -0.144. The van der Waals surface area contributed by atoms with Crippen molar-refractivity contribution in [2.45, 2.75) is 70.9 Å². The molecule has 8 nitrogen and oxygen atoms in total. The topological polar surface area (TPSA) is 78.1 Å². The third-order valence-corrected chi connectivity index (χ3v) is 10.5. The summed E-state index contributed by atoms with van der Waals surface area (Å²) in [5.74, 6) is 2.35. The molecule has 0 saturated carbocycles. The van der Waals surface area contributed by atoms with E-state index in [-0.39, 0.29) is 28.7 Å². The van der Waals surface area contributed by atoms with Gasteiger partial charge in [-0.3, -0.25) is 9.59 Å². The van der Waals surface area contributed by atoms with Gasteiger partial charge < -0.3 is 29.2 Å². The molecule has 40 heavy (non-hydrogen) atoms. The monoisotopic (exact) mass is 546 g/mol. The molecule has 2 saturated heterocycles. The first-order chi connectivity index (χ1) is 19.0. The molecule has 2 aliphatic carbocycles. The van der Waals surface area contributed by atoms with E-state index in [9.17, 15) is 9.59 Å². The van der Waals surface area contributed by atoms with Gasteiger partial charge in [0.15, 0.2) is 11.5 Å². The molecule has 1 spiro atoms. The van der Waals surface area contributed by atoms with E-state index in [1.165, 1.54) is 16.7 Å². The Morgan fingerprint density at radius 2 is 1.82 bits per heavy atom. The number of likely N-dealkylation sites (N-methyl/N-ethyl adjacent to an activating group) is 1. The molecular formula is C32H42N4O4. The molecule has 3 aliphatic heterocycles. The summed E-state index contributed by atoms with van der Waals surface area (Å²) < 4.78 is 12.7. The van der Waals surface area contributed by atoms with Crippen LogP contribution in [0.5, 0.6) is 11.5 Å². The van der Waals surface area contributed by atoms with Gasteiger partial charge in [-0.1, -0.05) is 26.8 Å². The molecule has 1 aromatic carbocycles. The lowest BCUT2D eigenvalue weighted by molar-refractivity contribution is -0.134. The average Bonchev–Trinajstić information content (AvgIpc) is 3.44. The van der Waals surface area contributed by atoms with Crippen molar-refractivity contribution in [1.29, 1.82) is 0 Å².